The lowest BCUT2D eigenvalue weighted by molar-refractivity contribution is 0.176. The summed E-state index contributed by atoms with van der Waals surface area (Å²) in [5.74, 6) is 5.63. The molecule has 1 aliphatic rings. The van der Waals surface area contributed by atoms with Crippen LogP contribution in [0.15, 0.2) is 18.2 Å². The fourth-order valence-corrected chi connectivity index (χ4v) is 2.36. The van der Waals surface area contributed by atoms with E-state index in [0.29, 0.717) is 24.0 Å². The molecule has 1 saturated heterocycles. The molecule has 1 fully saturated rings. The first-order valence-corrected chi connectivity index (χ1v) is 6.06. The molecule has 0 saturated carbocycles. The lowest BCUT2D eigenvalue weighted by Gasteiger charge is -2.22. The van der Waals surface area contributed by atoms with Crippen molar-refractivity contribution in [1.82, 2.24) is 5.43 Å². The van der Waals surface area contributed by atoms with E-state index in [9.17, 15) is 4.39 Å². The van der Waals surface area contributed by atoms with E-state index < -0.39 is 0 Å². The Kier molecular flexibility index (Phi) is 4.34. The molecule has 0 amide bonds. The molecule has 0 radical (unpaired) electrons. The Labute approximate surface area is 105 Å². The van der Waals surface area contributed by atoms with E-state index in [1.807, 2.05) is 0 Å². The van der Waals surface area contributed by atoms with Gasteiger partial charge in [-0.1, -0.05) is 11.6 Å². The number of halogens is 2. The van der Waals surface area contributed by atoms with Crippen molar-refractivity contribution < 1.29 is 9.13 Å². The van der Waals surface area contributed by atoms with Crippen LogP contribution in [0.3, 0.4) is 0 Å². The number of nitrogens with two attached hydrogens (primary N) is 1. The van der Waals surface area contributed by atoms with Gasteiger partial charge in [-0.3, -0.25) is 11.3 Å². The molecule has 0 aliphatic carbocycles. The van der Waals surface area contributed by atoms with Gasteiger partial charge in [0, 0.05) is 23.6 Å². The van der Waals surface area contributed by atoms with Gasteiger partial charge < -0.3 is 4.74 Å². The highest BCUT2D eigenvalue weighted by Crippen LogP contribution is 2.23. The maximum Gasteiger partial charge on any atom is 0.123 e. The first-order valence-electron chi connectivity index (χ1n) is 5.68. The molecule has 1 aromatic carbocycles. The molecule has 3 N–H and O–H groups in total. The molecule has 2 rings (SSSR count). The Morgan fingerprint density at radius 2 is 2.41 bits per heavy atom. The van der Waals surface area contributed by atoms with Gasteiger partial charge in [0.1, 0.15) is 5.82 Å². The summed E-state index contributed by atoms with van der Waals surface area (Å²) in [6.45, 7) is 1.46. The summed E-state index contributed by atoms with van der Waals surface area (Å²) in [7, 11) is 0. The van der Waals surface area contributed by atoms with Crippen molar-refractivity contribution in [2.24, 2.45) is 11.8 Å². The fourth-order valence-electron chi connectivity index (χ4n) is 2.17. The SMILES string of the molecule is NNC(Cc1cc(F)ccc1Cl)C1CCOC1. The van der Waals surface area contributed by atoms with Gasteiger partial charge in [-0.15, -0.1) is 0 Å². The molecule has 1 aliphatic heterocycles. The second kappa shape index (κ2) is 5.78. The topological polar surface area (TPSA) is 47.3 Å². The molecule has 0 bridgehead atoms. The predicted molar refractivity (Wildman–Crippen MR) is 65.2 cm³/mol. The zero-order valence-electron chi connectivity index (χ0n) is 9.46. The number of hydrazine groups is 1. The third-order valence-corrected chi connectivity index (χ3v) is 3.56. The number of benzene rings is 1. The molecule has 2 unspecified atom stereocenters. The van der Waals surface area contributed by atoms with Gasteiger partial charge in [0.2, 0.25) is 0 Å². The van der Waals surface area contributed by atoms with Crippen LogP contribution in [-0.2, 0) is 11.2 Å². The van der Waals surface area contributed by atoms with E-state index in [0.717, 1.165) is 18.6 Å². The highest BCUT2D eigenvalue weighted by molar-refractivity contribution is 6.31. The average molecular weight is 259 g/mol. The summed E-state index contributed by atoms with van der Waals surface area (Å²) in [5, 5.41) is 0.575. The minimum Gasteiger partial charge on any atom is -0.381 e. The third-order valence-electron chi connectivity index (χ3n) is 3.20. The zero-order valence-corrected chi connectivity index (χ0v) is 10.2. The smallest absolute Gasteiger partial charge is 0.123 e. The monoisotopic (exact) mass is 258 g/mol. The summed E-state index contributed by atoms with van der Waals surface area (Å²) < 4.78 is 18.5. The van der Waals surface area contributed by atoms with Crippen molar-refractivity contribution in [2.45, 2.75) is 18.9 Å². The minimum absolute atomic E-state index is 0.0665. The highest BCUT2D eigenvalue weighted by atomic mass is 35.5. The third kappa shape index (κ3) is 3.16. The van der Waals surface area contributed by atoms with Crippen LogP contribution in [0.5, 0.6) is 0 Å². The van der Waals surface area contributed by atoms with Crippen molar-refractivity contribution in [3.05, 3.63) is 34.6 Å². The lowest BCUT2D eigenvalue weighted by Crippen LogP contribution is -2.42. The molecule has 2 atom stereocenters. The normalized spacial score (nSPS) is 21.7. The number of hydrogen-bond acceptors (Lipinski definition) is 3. The minimum atomic E-state index is -0.275. The van der Waals surface area contributed by atoms with Gasteiger partial charge in [0.15, 0.2) is 0 Å². The predicted octanol–water partition coefficient (Wildman–Crippen LogP) is 1.89. The average Bonchev–Trinajstić information content (AvgIpc) is 2.84. The molecule has 1 aromatic rings. The maximum atomic E-state index is 13.1. The zero-order chi connectivity index (χ0) is 12.3. The van der Waals surface area contributed by atoms with Crippen molar-refractivity contribution >= 4 is 11.6 Å². The number of ether oxygens (including phenoxy) is 1. The van der Waals surface area contributed by atoms with Gasteiger partial charge in [-0.2, -0.15) is 0 Å². The van der Waals surface area contributed by atoms with Gasteiger partial charge in [-0.05, 0) is 36.6 Å². The van der Waals surface area contributed by atoms with Crippen LogP contribution in [0.1, 0.15) is 12.0 Å². The van der Waals surface area contributed by atoms with Crippen LogP contribution >= 0.6 is 11.6 Å². The Balaban J connectivity index is 2.09. The highest BCUT2D eigenvalue weighted by Gasteiger charge is 2.25. The molecule has 17 heavy (non-hydrogen) atoms. The largest absolute Gasteiger partial charge is 0.381 e. The summed E-state index contributed by atoms with van der Waals surface area (Å²) in [6.07, 6.45) is 1.59. The van der Waals surface area contributed by atoms with Crippen molar-refractivity contribution in [3.63, 3.8) is 0 Å². The quantitative estimate of drug-likeness (QED) is 0.641. The lowest BCUT2D eigenvalue weighted by atomic mass is 9.93. The Bertz CT molecular complexity index is 383. The molecule has 3 nitrogen and oxygen atoms in total. The number of hydrogen-bond donors (Lipinski definition) is 2. The van der Waals surface area contributed by atoms with E-state index in [-0.39, 0.29) is 11.9 Å². The van der Waals surface area contributed by atoms with Crippen LogP contribution in [0.2, 0.25) is 5.02 Å². The van der Waals surface area contributed by atoms with Crippen LogP contribution < -0.4 is 11.3 Å². The first kappa shape index (κ1) is 12.8. The molecule has 94 valence electrons. The standard InChI is InChI=1S/C12H16ClFN2O/c13-11-2-1-10(14)5-9(11)6-12(16-15)8-3-4-17-7-8/h1-2,5,8,12,16H,3-4,6-7,15H2. The molecular weight excluding hydrogens is 243 g/mol. The molecule has 1 heterocycles. The van der Waals surface area contributed by atoms with E-state index in [2.05, 4.69) is 5.43 Å². The fraction of sp³-hybridized carbons (Fsp3) is 0.500. The number of nitrogens with one attached hydrogen (secondary N) is 1. The van der Waals surface area contributed by atoms with Gasteiger partial charge >= 0.3 is 0 Å². The second-order valence-electron chi connectivity index (χ2n) is 4.34. The molecule has 0 spiro atoms. The van der Waals surface area contributed by atoms with Gasteiger partial charge in [-0.25, -0.2) is 4.39 Å². The molecule has 5 heteroatoms. The number of rotatable bonds is 4. The maximum absolute atomic E-state index is 13.1. The first-order chi connectivity index (χ1) is 8.20. The van der Waals surface area contributed by atoms with Crippen LogP contribution in [0.4, 0.5) is 4.39 Å². The summed E-state index contributed by atoms with van der Waals surface area (Å²) >= 11 is 6.04. The van der Waals surface area contributed by atoms with E-state index in [1.165, 1.54) is 12.1 Å². The van der Waals surface area contributed by atoms with Crippen LogP contribution in [-0.4, -0.2) is 19.3 Å². The Morgan fingerprint density at radius 1 is 1.59 bits per heavy atom. The van der Waals surface area contributed by atoms with E-state index in [4.69, 9.17) is 22.2 Å². The molecule has 0 aromatic heterocycles. The Hall–Kier alpha value is -0.680. The van der Waals surface area contributed by atoms with Gasteiger partial charge in [0.25, 0.3) is 0 Å². The molecular formula is C12H16ClFN2O. The van der Waals surface area contributed by atoms with E-state index >= 15 is 0 Å². The summed E-state index contributed by atoms with van der Waals surface area (Å²) in [6, 6.07) is 4.46. The Morgan fingerprint density at radius 3 is 3.06 bits per heavy atom. The summed E-state index contributed by atoms with van der Waals surface area (Å²) in [4.78, 5) is 0. The van der Waals surface area contributed by atoms with Crippen LogP contribution in [0, 0.1) is 11.7 Å². The summed E-state index contributed by atoms with van der Waals surface area (Å²) in [5.41, 5.74) is 3.56. The van der Waals surface area contributed by atoms with Crippen molar-refractivity contribution in [2.75, 3.05) is 13.2 Å². The van der Waals surface area contributed by atoms with Crippen LogP contribution in [0.25, 0.3) is 0 Å². The van der Waals surface area contributed by atoms with Crippen molar-refractivity contribution in [3.8, 4) is 0 Å². The second-order valence-corrected chi connectivity index (χ2v) is 4.74. The van der Waals surface area contributed by atoms with Gasteiger partial charge in [0.05, 0.1) is 6.61 Å². The van der Waals surface area contributed by atoms with Crippen molar-refractivity contribution in [1.29, 1.82) is 0 Å². The van der Waals surface area contributed by atoms with E-state index in [1.54, 1.807) is 6.07 Å².